The van der Waals surface area contributed by atoms with Crippen LogP contribution in [0.4, 0.5) is 0 Å². The number of rotatable bonds is 6. The fourth-order valence-electron chi connectivity index (χ4n) is 3.09. The minimum absolute atomic E-state index is 0.0177. The molecule has 28 heavy (non-hydrogen) atoms. The van der Waals surface area contributed by atoms with Crippen LogP contribution in [-0.4, -0.2) is 70.2 Å². The molecule has 2 heterocycles. The molecule has 2 aromatic rings. The number of hydrogen-bond donors (Lipinski definition) is 0. The van der Waals surface area contributed by atoms with E-state index in [1.165, 1.54) is 16.1 Å². The Hall–Kier alpha value is -1.91. The van der Waals surface area contributed by atoms with Crippen molar-refractivity contribution in [1.82, 2.24) is 24.0 Å². The third-order valence-electron chi connectivity index (χ3n) is 4.68. The van der Waals surface area contributed by atoms with E-state index in [0.29, 0.717) is 31.3 Å². The van der Waals surface area contributed by atoms with Crippen LogP contribution in [0.1, 0.15) is 25.6 Å². The van der Waals surface area contributed by atoms with E-state index in [4.69, 9.17) is 0 Å². The fourth-order valence-corrected chi connectivity index (χ4v) is 5.36. The molecular weight excluding hydrogens is 398 g/mol. The molecule has 0 radical (unpaired) electrons. The van der Waals surface area contributed by atoms with Gasteiger partial charge in [0.2, 0.25) is 15.9 Å². The maximum Gasteiger partial charge on any atom is 0.243 e. The zero-order valence-electron chi connectivity index (χ0n) is 16.3. The Kier molecular flexibility index (Phi) is 6.41. The Morgan fingerprint density at radius 3 is 2.32 bits per heavy atom. The van der Waals surface area contributed by atoms with Crippen molar-refractivity contribution >= 4 is 27.7 Å². The number of sulfonamides is 1. The molecule has 0 N–H and O–H groups in total. The number of piperazine rings is 1. The van der Waals surface area contributed by atoms with E-state index in [1.807, 2.05) is 25.5 Å². The molecule has 8 nitrogen and oxygen atoms in total. The van der Waals surface area contributed by atoms with Crippen LogP contribution in [-0.2, 0) is 21.9 Å². The summed E-state index contributed by atoms with van der Waals surface area (Å²) in [5.41, 5.74) is 0. The SMILES string of the molecule is CC(C)c1nnc(SCC(=O)N2CCN(S(=O)(=O)c3ccccc3)CC2)n1C. The highest BCUT2D eigenvalue weighted by atomic mass is 32.2. The highest BCUT2D eigenvalue weighted by Gasteiger charge is 2.30. The van der Waals surface area contributed by atoms with Crippen molar-refractivity contribution in [2.45, 2.75) is 29.8 Å². The molecule has 1 amide bonds. The van der Waals surface area contributed by atoms with E-state index in [0.717, 1.165) is 5.82 Å². The van der Waals surface area contributed by atoms with Gasteiger partial charge >= 0.3 is 0 Å². The lowest BCUT2D eigenvalue weighted by Crippen LogP contribution is -2.50. The lowest BCUT2D eigenvalue weighted by molar-refractivity contribution is -0.129. The predicted molar refractivity (Wildman–Crippen MR) is 108 cm³/mol. The van der Waals surface area contributed by atoms with E-state index in [1.54, 1.807) is 35.2 Å². The predicted octanol–water partition coefficient (Wildman–Crippen LogP) is 1.56. The number of amides is 1. The molecule has 3 rings (SSSR count). The molecule has 0 spiro atoms. The van der Waals surface area contributed by atoms with Crippen LogP contribution in [0.15, 0.2) is 40.4 Å². The molecule has 152 valence electrons. The van der Waals surface area contributed by atoms with E-state index in [9.17, 15) is 13.2 Å². The maximum absolute atomic E-state index is 12.7. The van der Waals surface area contributed by atoms with Crippen LogP contribution in [0, 0.1) is 0 Å². The lowest BCUT2D eigenvalue weighted by Gasteiger charge is -2.34. The summed E-state index contributed by atoms with van der Waals surface area (Å²) in [5, 5.41) is 9.03. The first kappa shape index (κ1) is 20.8. The van der Waals surface area contributed by atoms with Gasteiger partial charge in [-0.15, -0.1) is 10.2 Å². The van der Waals surface area contributed by atoms with Crippen molar-refractivity contribution in [3.8, 4) is 0 Å². The molecule has 1 fully saturated rings. The number of thioether (sulfide) groups is 1. The van der Waals surface area contributed by atoms with E-state index in [-0.39, 0.29) is 22.5 Å². The first-order valence-electron chi connectivity index (χ1n) is 9.15. The molecule has 1 aliphatic heterocycles. The summed E-state index contributed by atoms with van der Waals surface area (Å²) in [6.07, 6.45) is 0. The largest absolute Gasteiger partial charge is 0.339 e. The second-order valence-electron chi connectivity index (χ2n) is 6.94. The molecule has 0 aliphatic carbocycles. The van der Waals surface area contributed by atoms with E-state index < -0.39 is 10.0 Å². The molecule has 0 bridgehead atoms. The molecule has 0 atom stereocenters. The average Bonchev–Trinajstić information content (AvgIpc) is 3.07. The number of carbonyl (C=O) groups excluding carboxylic acids is 1. The van der Waals surface area contributed by atoms with Crippen molar-refractivity contribution in [3.63, 3.8) is 0 Å². The fraction of sp³-hybridized carbons (Fsp3) is 0.500. The van der Waals surface area contributed by atoms with Crippen LogP contribution in [0.5, 0.6) is 0 Å². The first-order chi connectivity index (χ1) is 13.3. The van der Waals surface area contributed by atoms with Crippen LogP contribution in [0.2, 0.25) is 0 Å². The quantitative estimate of drug-likeness (QED) is 0.655. The van der Waals surface area contributed by atoms with Gasteiger partial charge in [-0.05, 0) is 12.1 Å². The van der Waals surface area contributed by atoms with Gasteiger partial charge in [-0.3, -0.25) is 4.79 Å². The van der Waals surface area contributed by atoms with Crippen LogP contribution in [0.3, 0.4) is 0 Å². The minimum Gasteiger partial charge on any atom is -0.339 e. The Balaban J connectivity index is 1.54. The van der Waals surface area contributed by atoms with Gasteiger partial charge in [0, 0.05) is 39.1 Å². The van der Waals surface area contributed by atoms with Crippen molar-refractivity contribution in [1.29, 1.82) is 0 Å². The Labute approximate surface area is 170 Å². The second kappa shape index (κ2) is 8.62. The summed E-state index contributed by atoms with van der Waals surface area (Å²) in [6, 6.07) is 8.39. The van der Waals surface area contributed by atoms with Gasteiger partial charge < -0.3 is 9.47 Å². The Morgan fingerprint density at radius 1 is 1.11 bits per heavy atom. The highest BCUT2D eigenvalue weighted by molar-refractivity contribution is 7.99. The van der Waals surface area contributed by atoms with Crippen molar-refractivity contribution < 1.29 is 13.2 Å². The van der Waals surface area contributed by atoms with Gasteiger partial charge in [0.15, 0.2) is 5.16 Å². The van der Waals surface area contributed by atoms with Gasteiger partial charge in [0.25, 0.3) is 0 Å². The smallest absolute Gasteiger partial charge is 0.243 e. The number of hydrogen-bond acceptors (Lipinski definition) is 6. The highest BCUT2D eigenvalue weighted by Crippen LogP contribution is 2.21. The molecular formula is C18H25N5O3S2. The standard InChI is InChI=1S/C18H25N5O3S2/c1-14(2)17-19-20-18(21(17)3)27-13-16(24)22-9-11-23(12-10-22)28(25,26)15-7-5-4-6-8-15/h4-8,14H,9-13H2,1-3H3. The molecule has 0 unspecified atom stereocenters. The summed E-state index contributed by atoms with van der Waals surface area (Å²) in [5.74, 6) is 1.39. The lowest BCUT2D eigenvalue weighted by atomic mass is 10.2. The molecule has 1 saturated heterocycles. The summed E-state index contributed by atoms with van der Waals surface area (Å²) in [7, 11) is -1.61. The van der Waals surface area contributed by atoms with Gasteiger partial charge in [-0.25, -0.2) is 8.42 Å². The monoisotopic (exact) mass is 423 g/mol. The first-order valence-corrected chi connectivity index (χ1v) is 11.6. The topological polar surface area (TPSA) is 88.4 Å². The summed E-state index contributed by atoms with van der Waals surface area (Å²) in [6.45, 7) is 5.48. The van der Waals surface area contributed by atoms with Crippen LogP contribution < -0.4 is 0 Å². The normalized spacial score (nSPS) is 15.9. The number of nitrogens with zero attached hydrogens (tertiary/aromatic N) is 5. The van der Waals surface area contributed by atoms with Gasteiger partial charge in [0.1, 0.15) is 5.82 Å². The third kappa shape index (κ3) is 4.39. The number of aromatic nitrogens is 3. The van der Waals surface area contributed by atoms with Gasteiger partial charge in [-0.2, -0.15) is 4.31 Å². The zero-order chi connectivity index (χ0) is 20.3. The van der Waals surface area contributed by atoms with Crippen molar-refractivity contribution in [2.75, 3.05) is 31.9 Å². The summed E-state index contributed by atoms with van der Waals surface area (Å²) >= 11 is 1.36. The minimum atomic E-state index is -3.51. The summed E-state index contributed by atoms with van der Waals surface area (Å²) in [4.78, 5) is 14.5. The van der Waals surface area contributed by atoms with Gasteiger partial charge in [-0.1, -0.05) is 43.8 Å². The van der Waals surface area contributed by atoms with E-state index >= 15 is 0 Å². The van der Waals surface area contributed by atoms with E-state index in [2.05, 4.69) is 10.2 Å². The Bertz CT molecular complexity index is 920. The maximum atomic E-state index is 12.7. The number of carbonyl (C=O) groups is 1. The van der Waals surface area contributed by atoms with Crippen LogP contribution >= 0.6 is 11.8 Å². The van der Waals surface area contributed by atoms with Crippen molar-refractivity contribution in [2.24, 2.45) is 7.05 Å². The third-order valence-corrected chi connectivity index (χ3v) is 7.60. The molecule has 10 heteroatoms. The average molecular weight is 424 g/mol. The Morgan fingerprint density at radius 2 is 1.75 bits per heavy atom. The molecule has 1 aromatic heterocycles. The molecule has 1 aromatic carbocycles. The van der Waals surface area contributed by atoms with Crippen LogP contribution in [0.25, 0.3) is 0 Å². The van der Waals surface area contributed by atoms with Crippen molar-refractivity contribution in [3.05, 3.63) is 36.2 Å². The zero-order valence-corrected chi connectivity index (χ0v) is 17.9. The van der Waals surface area contributed by atoms with Gasteiger partial charge in [0.05, 0.1) is 10.6 Å². The molecule has 1 aliphatic rings. The summed E-state index contributed by atoms with van der Waals surface area (Å²) < 4.78 is 28.7. The second-order valence-corrected chi connectivity index (χ2v) is 9.82. The number of benzene rings is 1. The molecule has 0 saturated carbocycles.